The Morgan fingerprint density at radius 2 is 0.494 bits per heavy atom. The Morgan fingerprint density at radius 3 is 0.741 bits per heavy atom. The Hall–Kier alpha value is -9.00. The number of rotatable bonds is 24. The lowest BCUT2D eigenvalue weighted by Gasteiger charge is -2.29. The molecule has 6 nitrogen and oxygen atoms in total. The minimum Gasteiger partial charge on any atom is -0.491 e. The maximum absolute atomic E-state index is 6.47. The third-order valence-corrected chi connectivity index (χ3v) is 15.0. The fraction of sp³-hybridized carbons (Fsp3) is 0.200. The fourth-order valence-electron chi connectivity index (χ4n) is 10.5. The van der Waals surface area contributed by atoms with Crippen LogP contribution in [0.1, 0.15) is 76.0 Å². The van der Waals surface area contributed by atoms with Crippen molar-refractivity contribution in [1.29, 1.82) is 0 Å². The number of anilines is 9. The van der Waals surface area contributed by atoms with Crippen molar-refractivity contribution in [2.75, 3.05) is 34.5 Å². The van der Waals surface area contributed by atoms with E-state index in [2.05, 4.69) is 293 Å². The van der Waals surface area contributed by atoms with Gasteiger partial charge in [0.05, 0.1) is 36.9 Å². The van der Waals surface area contributed by atoms with Crippen LogP contribution >= 0.6 is 0 Å². The number of unbranched alkanes of at least 4 members (excludes halogenated alkanes) is 3. The number of ether oxygens (including phenoxy) is 3. The molecule has 0 N–H and O–H groups in total. The molecule has 81 heavy (non-hydrogen) atoms. The molecule has 0 spiro atoms. The van der Waals surface area contributed by atoms with Crippen LogP contribution in [0.2, 0.25) is 0 Å². The Balaban J connectivity index is 1.08. The van der Waals surface area contributed by atoms with Crippen LogP contribution in [0.15, 0.2) is 237 Å². The largest absolute Gasteiger partial charge is 0.491 e. The van der Waals surface area contributed by atoms with Gasteiger partial charge >= 0.3 is 0 Å². The monoisotopic (exact) mass is 1070 g/mol. The van der Waals surface area contributed by atoms with Crippen molar-refractivity contribution in [3.63, 3.8) is 0 Å². The maximum Gasteiger partial charge on any atom is 0.143 e. The second-order valence-corrected chi connectivity index (χ2v) is 20.8. The van der Waals surface area contributed by atoms with Gasteiger partial charge in [-0.05, 0) is 199 Å². The van der Waals surface area contributed by atoms with Crippen molar-refractivity contribution in [2.24, 2.45) is 0 Å². The van der Waals surface area contributed by atoms with E-state index < -0.39 is 0 Å². The molecule has 0 unspecified atom stereocenters. The Labute approximate surface area is 481 Å². The van der Waals surface area contributed by atoms with Crippen LogP contribution in [0.3, 0.4) is 0 Å². The average molecular weight is 1070 g/mol. The SMILES string of the molecule is CCCCOc1ccccc1N(c1ccc(-c2cc(-c3ccc(N(c4ccccc4C)c4ccccc4OCCCC)cc3)cc(-c3ccc(N(c4ccccc4C)c4ccccc4OCCCC)cc3)c2)cc1)c1ccccc1C. The van der Waals surface area contributed by atoms with Crippen molar-refractivity contribution < 1.29 is 14.2 Å². The molecule has 10 aromatic rings. The number of hydrogen-bond acceptors (Lipinski definition) is 6. The maximum atomic E-state index is 6.47. The predicted octanol–water partition coefficient (Wildman–Crippen LogP) is 21.6. The lowest BCUT2D eigenvalue weighted by Crippen LogP contribution is -2.13. The number of benzene rings is 10. The summed E-state index contributed by atoms with van der Waals surface area (Å²) in [5, 5.41) is 0. The second kappa shape index (κ2) is 26.8. The van der Waals surface area contributed by atoms with Gasteiger partial charge in [-0.1, -0.05) is 167 Å². The first-order valence-corrected chi connectivity index (χ1v) is 29.0. The quantitative estimate of drug-likeness (QED) is 0.0562. The number of nitrogens with zero attached hydrogens (tertiary/aromatic N) is 3. The van der Waals surface area contributed by atoms with E-state index in [-0.39, 0.29) is 0 Å². The van der Waals surface area contributed by atoms with E-state index in [0.717, 1.165) is 140 Å². The van der Waals surface area contributed by atoms with Gasteiger partial charge in [-0.25, -0.2) is 0 Å². The molecule has 0 fully saturated rings. The summed E-state index contributed by atoms with van der Waals surface area (Å²) in [7, 11) is 0. The predicted molar refractivity (Wildman–Crippen MR) is 342 cm³/mol. The molecule has 0 saturated heterocycles. The molecule has 0 heterocycles. The summed E-state index contributed by atoms with van der Waals surface area (Å²) < 4.78 is 19.4. The van der Waals surface area contributed by atoms with E-state index in [1.54, 1.807) is 0 Å². The van der Waals surface area contributed by atoms with Crippen LogP contribution in [0.5, 0.6) is 17.2 Å². The molecule has 10 rings (SSSR count). The molecular formula is C75H75N3O3. The molecule has 10 aromatic carbocycles. The summed E-state index contributed by atoms with van der Waals surface area (Å²) in [6.45, 7) is 15.1. The summed E-state index contributed by atoms with van der Waals surface area (Å²) in [5.41, 5.74) is 19.7. The normalized spacial score (nSPS) is 11.0. The second-order valence-electron chi connectivity index (χ2n) is 20.8. The number of para-hydroxylation sites is 9. The third kappa shape index (κ3) is 12.9. The minimum absolute atomic E-state index is 0.665. The van der Waals surface area contributed by atoms with E-state index in [4.69, 9.17) is 14.2 Å². The van der Waals surface area contributed by atoms with E-state index in [0.29, 0.717) is 19.8 Å². The summed E-state index contributed by atoms with van der Waals surface area (Å²) in [6, 6.07) is 85.0. The van der Waals surface area contributed by atoms with Crippen LogP contribution in [-0.4, -0.2) is 19.8 Å². The van der Waals surface area contributed by atoms with Gasteiger partial charge < -0.3 is 28.9 Å². The Morgan fingerprint density at radius 1 is 0.259 bits per heavy atom. The minimum atomic E-state index is 0.665. The Bertz CT molecular complexity index is 3250. The molecule has 0 bridgehead atoms. The van der Waals surface area contributed by atoms with Crippen molar-refractivity contribution in [1.82, 2.24) is 0 Å². The lowest BCUT2D eigenvalue weighted by atomic mass is 9.93. The van der Waals surface area contributed by atoms with Crippen LogP contribution in [0.25, 0.3) is 33.4 Å². The summed E-state index contributed by atoms with van der Waals surface area (Å²) in [4.78, 5) is 6.99. The topological polar surface area (TPSA) is 37.4 Å². The molecule has 0 saturated carbocycles. The Kier molecular flexibility index (Phi) is 18.3. The van der Waals surface area contributed by atoms with Crippen LogP contribution in [0.4, 0.5) is 51.2 Å². The highest BCUT2D eigenvalue weighted by molar-refractivity contribution is 5.88. The summed E-state index contributed by atoms with van der Waals surface area (Å²) in [5.74, 6) is 2.60. The highest BCUT2D eigenvalue weighted by Gasteiger charge is 2.23. The lowest BCUT2D eigenvalue weighted by molar-refractivity contribution is 0.310. The zero-order valence-electron chi connectivity index (χ0n) is 47.9. The number of hydrogen-bond donors (Lipinski definition) is 0. The zero-order valence-corrected chi connectivity index (χ0v) is 47.9. The van der Waals surface area contributed by atoms with Crippen molar-refractivity contribution in [3.8, 4) is 50.6 Å². The standard InChI is InChI=1S/C75H75N3O3/c1-7-10-49-79-73-34-22-19-31-70(73)76(67-28-16-13-25-55(67)4)64-43-37-58(38-44-64)61-52-62(59-39-45-65(46-40-59)77(68-29-17-14-26-56(68)5)71-32-20-23-35-74(71)80-50-11-8-2)54-63(53-61)60-41-47-66(48-42-60)78(69-30-18-15-27-57(69)6)72-33-21-24-36-75(72)81-51-12-9-3/h13-48,52-54H,7-12,49-51H2,1-6H3. The van der Waals surface area contributed by atoms with E-state index in [9.17, 15) is 0 Å². The third-order valence-electron chi connectivity index (χ3n) is 15.0. The van der Waals surface area contributed by atoms with Gasteiger partial charge in [0.15, 0.2) is 0 Å². The van der Waals surface area contributed by atoms with E-state index >= 15 is 0 Å². The molecule has 408 valence electrons. The van der Waals surface area contributed by atoms with Crippen LogP contribution in [0, 0.1) is 20.8 Å². The first-order valence-electron chi connectivity index (χ1n) is 29.0. The highest BCUT2D eigenvalue weighted by atomic mass is 16.5. The number of aryl methyl sites for hydroxylation is 3. The van der Waals surface area contributed by atoms with Gasteiger partial charge in [0, 0.05) is 34.1 Å². The van der Waals surface area contributed by atoms with Crippen molar-refractivity contribution in [2.45, 2.75) is 80.1 Å². The van der Waals surface area contributed by atoms with Crippen LogP contribution in [-0.2, 0) is 0 Å². The first kappa shape index (κ1) is 55.3. The highest BCUT2D eigenvalue weighted by Crippen LogP contribution is 2.46. The van der Waals surface area contributed by atoms with Gasteiger partial charge in [-0.15, -0.1) is 0 Å². The van der Waals surface area contributed by atoms with Gasteiger partial charge in [0.1, 0.15) is 17.2 Å². The molecule has 0 radical (unpaired) electrons. The summed E-state index contributed by atoms with van der Waals surface area (Å²) >= 11 is 0. The molecular weight excluding hydrogens is 991 g/mol. The van der Waals surface area contributed by atoms with Gasteiger partial charge in [-0.2, -0.15) is 0 Å². The molecule has 0 aliphatic rings. The molecule has 0 aromatic heterocycles. The van der Waals surface area contributed by atoms with Crippen molar-refractivity contribution in [3.05, 3.63) is 253 Å². The smallest absolute Gasteiger partial charge is 0.143 e. The van der Waals surface area contributed by atoms with Crippen LogP contribution < -0.4 is 28.9 Å². The van der Waals surface area contributed by atoms with E-state index in [1.165, 1.54) is 16.7 Å². The fourth-order valence-corrected chi connectivity index (χ4v) is 10.5. The van der Waals surface area contributed by atoms with Gasteiger partial charge in [0.2, 0.25) is 0 Å². The molecule has 0 aliphatic carbocycles. The van der Waals surface area contributed by atoms with Crippen molar-refractivity contribution >= 4 is 51.2 Å². The average Bonchev–Trinajstić information content (AvgIpc) is 3.55. The zero-order chi connectivity index (χ0) is 55.9. The van der Waals surface area contributed by atoms with Gasteiger partial charge in [0.25, 0.3) is 0 Å². The van der Waals surface area contributed by atoms with E-state index in [1.807, 2.05) is 0 Å². The molecule has 0 atom stereocenters. The first-order chi connectivity index (χ1) is 39.8. The molecule has 0 aliphatic heterocycles. The molecule has 6 heteroatoms. The molecule has 0 amide bonds. The summed E-state index contributed by atoms with van der Waals surface area (Å²) in [6.07, 6.45) is 6.18. The van der Waals surface area contributed by atoms with Gasteiger partial charge in [-0.3, -0.25) is 0 Å².